The Morgan fingerprint density at radius 2 is 2.11 bits per heavy atom. The highest BCUT2D eigenvalue weighted by molar-refractivity contribution is 5.80. The third-order valence-electron chi connectivity index (χ3n) is 3.68. The summed E-state index contributed by atoms with van der Waals surface area (Å²) in [6.07, 6.45) is 5.92. The Balaban J connectivity index is 2.11. The molecule has 1 aromatic rings. The first-order valence-electron chi connectivity index (χ1n) is 7.12. The Bertz CT molecular complexity index is 421. The number of rotatable bonds is 4. The second-order valence-corrected chi connectivity index (χ2v) is 5.59. The van der Waals surface area contributed by atoms with Crippen LogP contribution in [-0.2, 0) is 4.79 Å². The predicted octanol–water partition coefficient (Wildman–Crippen LogP) is 1.44. The molecule has 0 saturated carbocycles. The molecule has 2 heterocycles. The Morgan fingerprint density at radius 3 is 2.74 bits per heavy atom. The molecule has 1 unspecified atom stereocenters. The van der Waals surface area contributed by atoms with Gasteiger partial charge in [-0.15, -0.1) is 0 Å². The van der Waals surface area contributed by atoms with Crippen LogP contribution in [0.4, 0.5) is 0 Å². The standard InChI is InChI=1S/C14H24N4O/c1-10(2)17-14(19)11(3)18-9-16-8-13(18)12-4-6-15-7-5-12/h8-12,15H,4-7H2,1-3H3,(H,17,19). The van der Waals surface area contributed by atoms with Gasteiger partial charge in [-0.05, 0) is 46.7 Å². The fraction of sp³-hybridized carbons (Fsp3) is 0.714. The summed E-state index contributed by atoms with van der Waals surface area (Å²) < 4.78 is 2.02. The van der Waals surface area contributed by atoms with Gasteiger partial charge in [-0.2, -0.15) is 0 Å². The van der Waals surface area contributed by atoms with Gasteiger partial charge in [0.25, 0.3) is 0 Å². The maximum absolute atomic E-state index is 12.1. The summed E-state index contributed by atoms with van der Waals surface area (Å²) in [5, 5.41) is 6.33. The first kappa shape index (κ1) is 14.1. The van der Waals surface area contributed by atoms with E-state index in [2.05, 4.69) is 15.6 Å². The fourth-order valence-corrected chi connectivity index (χ4v) is 2.60. The van der Waals surface area contributed by atoms with E-state index in [-0.39, 0.29) is 18.0 Å². The van der Waals surface area contributed by atoms with Crippen LogP contribution >= 0.6 is 0 Å². The van der Waals surface area contributed by atoms with Crippen molar-refractivity contribution >= 4 is 5.91 Å². The smallest absolute Gasteiger partial charge is 0.243 e. The van der Waals surface area contributed by atoms with Crippen molar-refractivity contribution in [2.24, 2.45) is 0 Å². The zero-order chi connectivity index (χ0) is 13.8. The zero-order valence-electron chi connectivity index (χ0n) is 12.0. The van der Waals surface area contributed by atoms with Gasteiger partial charge >= 0.3 is 0 Å². The fourth-order valence-electron chi connectivity index (χ4n) is 2.60. The minimum absolute atomic E-state index is 0.0585. The van der Waals surface area contributed by atoms with Crippen LogP contribution in [0.3, 0.4) is 0 Å². The SMILES string of the molecule is CC(C)NC(=O)C(C)n1cncc1C1CCNCC1. The van der Waals surface area contributed by atoms with Crippen LogP contribution in [-0.4, -0.2) is 34.6 Å². The van der Waals surface area contributed by atoms with Crippen molar-refractivity contribution in [1.29, 1.82) is 0 Å². The van der Waals surface area contributed by atoms with Gasteiger partial charge in [-0.1, -0.05) is 0 Å². The zero-order valence-corrected chi connectivity index (χ0v) is 12.0. The van der Waals surface area contributed by atoms with Crippen molar-refractivity contribution in [3.05, 3.63) is 18.2 Å². The molecular weight excluding hydrogens is 240 g/mol. The molecule has 1 aliphatic heterocycles. The number of carbonyl (C=O) groups is 1. The number of piperidine rings is 1. The van der Waals surface area contributed by atoms with Crippen LogP contribution in [0.15, 0.2) is 12.5 Å². The highest BCUT2D eigenvalue weighted by Crippen LogP contribution is 2.26. The molecule has 1 amide bonds. The van der Waals surface area contributed by atoms with E-state index < -0.39 is 0 Å². The quantitative estimate of drug-likeness (QED) is 0.865. The largest absolute Gasteiger partial charge is 0.352 e. The molecule has 1 aromatic heterocycles. The van der Waals surface area contributed by atoms with E-state index in [4.69, 9.17) is 0 Å². The molecule has 5 heteroatoms. The second-order valence-electron chi connectivity index (χ2n) is 5.59. The minimum Gasteiger partial charge on any atom is -0.352 e. The molecule has 0 aromatic carbocycles. The minimum atomic E-state index is -0.199. The first-order valence-corrected chi connectivity index (χ1v) is 7.12. The number of hydrogen-bond acceptors (Lipinski definition) is 3. The van der Waals surface area contributed by atoms with Gasteiger partial charge in [0.15, 0.2) is 0 Å². The maximum Gasteiger partial charge on any atom is 0.243 e. The Hall–Kier alpha value is -1.36. The summed E-state index contributed by atoms with van der Waals surface area (Å²) in [6.45, 7) is 7.98. The number of aromatic nitrogens is 2. The molecule has 1 atom stereocenters. The summed E-state index contributed by atoms with van der Waals surface area (Å²) in [5.41, 5.74) is 1.19. The number of hydrogen-bond donors (Lipinski definition) is 2. The van der Waals surface area contributed by atoms with Crippen LogP contribution in [0.1, 0.15) is 51.3 Å². The molecule has 0 spiro atoms. The average Bonchev–Trinajstić information content (AvgIpc) is 2.87. The lowest BCUT2D eigenvalue weighted by atomic mass is 9.94. The molecule has 19 heavy (non-hydrogen) atoms. The van der Waals surface area contributed by atoms with Gasteiger partial charge < -0.3 is 15.2 Å². The highest BCUT2D eigenvalue weighted by atomic mass is 16.2. The summed E-state index contributed by atoms with van der Waals surface area (Å²) in [7, 11) is 0. The lowest BCUT2D eigenvalue weighted by Gasteiger charge is -2.26. The van der Waals surface area contributed by atoms with E-state index in [0.29, 0.717) is 5.92 Å². The molecular formula is C14H24N4O. The molecule has 1 aliphatic rings. The molecule has 0 bridgehead atoms. The van der Waals surface area contributed by atoms with Crippen LogP contribution in [0, 0.1) is 0 Å². The van der Waals surface area contributed by atoms with Crippen molar-refractivity contribution in [3.8, 4) is 0 Å². The lowest BCUT2D eigenvalue weighted by Crippen LogP contribution is -2.36. The lowest BCUT2D eigenvalue weighted by molar-refractivity contribution is -0.124. The van der Waals surface area contributed by atoms with Crippen molar-refractivity contribution in [2.45, 2.75) is 51.6 Å². The number of nitrogens with one attached hydrogen (secondary N) is 2. The third kappa shape index (κ3) is 3.35. The Labute approximate surface area is 114 Å². The Kier molecular flexibility index (Phi) is 4.58. The van der Waals surface area contributed by atoms with E-state index in [1.807, 2.05) is 31.5 Å². The molecule has 1 saturated heterocycles. The van der Waals surface area contributed by atoms with Gasteiger partial charge in [-0.25, -0.2) is 4.98 Å². The molecule has 0 radical (unpaired) electrons. The first-order chi connectivity index (χ1) is 9.09. The maximum atomic E-state index is 12.1. The predicted molar refractivity (Wildman–Crippen MR) is 75.1 cm³/mol. The van der Waals surface area contributed by atoms with Crippen LogP contribution in [0.2, 0.25) is 0 Å². The Morgan fingerprint density at radius 1 is 1.42 bits per heavy atom. The molecule has 5 nitrogen and oxygen atoms in total. The van der Waals surface area contributed by atoms with Crippen LogP contribution < -0.4 is 10.6 Å². The van der Waals surface area contributed by atoms with Crippen molar-refractivity contribution in [3.63, 3.8) is 0 Å². The molecule has 2 rings (SSSR count). The number of imidazole rings is 1. The van der Waals surface area contributed by atoms with Gasteiger partial charge in [0.05, 0.1) is 6.33 Å². The summed E-state index contributed by atoms with van der Waals surface area (Å²) >= 11 is 0. The van der Waals surface area contributed by atoms with Gasteiger partial charge in [0, 0.05) is 23.9 Å². The average molecular weight is 264 g/mol. The van der Waals surface area contributed by atoms with Crippen molar-refractivity contribution < 1.29 is 4.79 Å². The van der Waals surface area contributed by atoms with Crippen molar-refractivity contribution in [1.82, 2.24) is 20.2 Å². The monoisotopic (exact) mass is 264 g/mol. The number of nitrogens with zero attached hydrogens (tertiary/aromatic N) is 2. The molecule has 0 aliphatic carbocycles. The topological polar surface area (TPSA) is 59.0 Å². The summed E-state index contributed by atoms with van der Waals surface area (Å²) in [6, 6.07) is -0.0319. The van der Waals surface area contributed by atoms with E-state index in [1.165, 1.54) is 5.69 Å². The van der Waals surface area contributed by atoms with E-state index in [9.17, 15) is 4.79 Å². The van der Waals surface area contributed by atoms with Crippen LogP contribution in [0.25, 0.3) is 0 Å². The molecule has 2 N–H and O–H groups in total. The normalized spacial score (nSPS) is 18.5. The van der Waals surface area contributed by atoms with Gasteiger partial charge in [0.2, 0.25) is 5.91 Å². The highest BCUT2D eigenvalue weighted by Gasteiger charge is 2.23. The van der Waals surface area contributed by atoms with E-state index >= 15 is 0 Å². The number of carbonyl (C=O) groups excluding carboxylic acids is 1. The van der Waals surface area contributed by atoms with Gasteiger partial charge in [-0.3, -0.25) is 4.79 Å². The van der Waals surface area contributed by atoms with Crippen LogP contribution in [0.5, 0.6) is 0 Å². The number of amides is 1. The molecule has 1 fully saturated rings. The summed E-state index contributed by atoms with van der Waals surface area (Å²) in [5.74, 6) is 0.571. The third-order valence-corrected chi connectivity index (χ3v) is 3.68. The molecule has 106 valence electrons. The van der Waals surface area contributed by atoms with E-state index in [1.54, 1.807) is 6.33 Å². The van der Waals surface area contributed by atoms with Crippen molar-refractivity contribution in [2.75, 3.05) is 13.1 Å². The summed E-state index contributed by atoms with van der Waals surface area (Å²) in [4.78, 5) is 16.4. The second kappa shape index (κ2) is 6.19. The van der Waals surface area contributed by atoms with Gasteiger partial charge in [0.1, 0.15) is 6.04 Å². The van der Waals surface area contributed by atoms with E-state index in [0.717, 1.165) is 25.9 Å².